The summed E-state index contributed by atoms with van der Waals surface area (Å²) in [5.41, 5.74) is 3.22. The van der Waals surface area contributed by atoms with Crippen LogP contribution in [-0.4, -0.2) is 45.2 Å². The Morgan fingerprint density at radius 1 is 1.21 bits per heavy atom. The van der Waals surface area contributed by atoms with E-state index in [1.54, 1.807) is 12.4 Å². The van der Waals surface area contributed by atoms with E-state index in [0.717, 1.165) is 55.8 Å². The number of likely N-dealkylation sites (tertiary alicyclic amines) is 1. The Labute approximate surface area is 142 Å². The lowest BCUT2D eigenvalue weighted by Gasteiger charge is -2.20. The molecule has 2 aromatic rings. The number of nitrogens with one attached hydrogen (secondary N) is 1. The summed E-state index contributed by atoms with van der Waals surface area (Å²) in [7, 11) is 1.93. The Kier molecular flexibility index (Phi) is 5.59. The van der Waals surface area contributed by atoms with Crippen LogP contribution in [0.2, 0.25) is 0 Å². The van der Waals surface area contributed by atoms with Crippen molar-refractivity contribution in [1.82, 2.24) is 25.0 Å². The minimum Gasteiger partial charge on any atom is -0.341 e. The summed E-state index contributed by atoms with van der Waals surface area (Å²) in [4.78, 5) is 18.1. The Morgan fingerprint density at radius 3 is 2.88 bits per heavy atom. The second-order valence-electron chi connectivity index (χ2n) is 6.28. The highest BCUT2D eigenvalue weighted by molar-refractivity contribution is 5.76. The zero-order valence-corrected chi connectivity index (χ0v) is 14.2. The van der Waals surface area contributed by atoms with Crippen molar-refractivity contribution < 1.29 is 4.79 Å². The van der Waals surface area contributed by atoms with Crippen molar-refractivity contribution in [3.63, 3.8) is 0 Å². The molecule has 128 valence electrons. The third kappa shape index (κ3) is 4.20. The average Bonchev–Trinajstić information content (AvgIpc) is 2.85. The third-order valence-corrected chi connectivity index (χ3v) is 4.40. The molecule has 1 fully saturated rings. The quantitative estimate of drug-likeness (QED) is 0.824. The molecule has 3 rings (SSSR count). The fraction of sp³-hybridized carbons (Fsp3) is 0.500. The number of aromatic nitrogens is 3. The minimum absolute atomic E-state index is 0.299. The van der Waals surface area contributed by atoms with Crippen LogP contribution in [0.5, 0.6) is 0 Å². The molecule has 0 saturated carbocycles. The number of hydrogen-bond acceptors (Lipinski definition) is 4. The molecule has 3 heterocycles. The number of hydrogen-bond donors (Lipinski definition) is 1. The van der Waals surface area contributed by atoms with Gasteiger partial charge in [-0.2, -0.15) is 5.10 Å². The van der Waals surface area contributed by atoms with E-state index in [0.29, 0.717) is 12.3 Å². The highest BCUT2D eigenvalue weighted by atomic mass is 16.2. The van der Waals surface area contributed by atoms with Crippen molar-refractivity contribution >= 4 is 5.91 Å². The number of pyridine rings is 1. The van der Waals surface area contributed by atoms with E-state index in [1.165, 1.54) is 6.42 Å². The number of carbonyl (C=O) groups excluding carboxylic acids is 1. The highest BCUT2D eigenvalue weighted by Crippen LogP contribution is 2.20. The number of nitrogens with zero attached hydrogens (tertiary/aromatic N) is 4. The lowest BCUT2D eigenvalue weighted by Crippen LogP contribution is -2.36. The topological polar surface area (TPSA) is 63.1 Å². The van der Waals surface area contributed by atoms with E-state index in [-0.39, 0.29) is 0 Å². The molecule has 6 nitrogen and oxygen atoms in total. The maximum absolute atomic E-state index is 12.0. The van der Waals surface area contributed by atoms with Gasteiger partial charge in [-0.05, 0) is 25.0 Å². The third-order valence-electron chi connectivity index (χ3n) is 4.40. The number of carbonyl (C=O) groups is 1. The van der Waals surface area contributed by atoms with Gasteiger partial charge in [0.2, 0.25) is 5.91 Å². The zero-order valence-electron chi connectivity index (χ0n) is 14.2. The molecule has 1 N–H and O–H groups in total. The van der Waals surface area contributed by atoms with Gasteiger partial charge >= 0.3 is 0 Å². The first-order valence-corrected chi connectivity index (χ1v) is 8.65. The second kappa shape index (κ2) is 8.06. The molecular weight excluding hydrogens is 302 g/mol. The molecule has 0 atom stereocenters. The molecule has 1 saturated heterocycles. The zero-order chi connectivity index (χ0) is 16.8. The van der Waals surface area contributed by atoms with Crippen LogP contribution in [-0.2, 0) is 18.4 Å². The summed E-state index contributed by atoms with van der Waals surface area (Å²) in [6, 6.07) is 3.95. The summed E-state index contributed by atoms with van der Waals surface area (Å²) in [5, 5.41) is 8.01. The van der Waals surface area contributed by atoms with Crippen LogP contribution in [0.3, 0.4) is 0 Å². The van der Waals surface area contributed by atoms with Gasteiger partial charge in [-0.15, -0.1) is 0 Å². The first kappa shape index (κ1) is 16.6. The van der Waals surface area contributed by atoms with Gasteiger partial charge < -0.3 is 10.2 Å². The second-order valence-corrected chi connectivity index (χ2v) is 6.28. The predicted octanol–water partition coefficient (Wildman–Crippen LogP) is 1.97. The van der Waals surface area contributed by atoms with Crippen molar-refractivity contribution in [1.29, 1.82) is 0 Å². The van der Waals surface area contributed by atoms with Gasteiger partial charge in [0.05, 0.1) is 5.69 Å². The minimum atomic E-state index is 0.299. The average molecular weight is 327 g/mol. The van der Waals surface area contributed by atoms with Crippen molar-refractivity contribution in [2.24, 2.45) is 7.05 Å². The predicted molar refractivity (Wildman–Crippen MR) is 93.2 cm³/mol. The summed E-state index contributed by atoms with van der Waals surface area (Å²) in [5.74, 6) is 0.299. The fourth-order valence-corrected chi connectivity index (χ4v) is 3.13. The molecular formula is C18H25N5O. The molecule has 0 radical (unpaired) electrons. The van der Waals surface area contributed by atoms with Gasteiger partial charge in [-0.25, -0.2) is 0 Å². The lowest BCUT2D eigenvalue weighted by atomic mass is 10.1. The first-order valence-electron chi connectivity index (χ1n) is 8.65. The Balaban J connectivity index is 1.55. The van der Waals surface area contributed by atoms with Crippen LogP contribution in [0, 0.1) is 0 Å². The maximum Gasteiger partial charge on any atom is 0.222 e. The van der Waals surface area contributed by atoms with E-state index in [1.807, 2.05) is 35.0 Å². The van der Waals surface area contributed by atoms with Gasteiger partial charge in [0.25, 0.3) is 0 Å². The molecule has 0 spiro atoms. The van der Waals surface area contributed by atoms with Crippen molar-refractivity contribution in [3.8, 4) is 11.3 Å². The van der Waals surface area contributed by atoms with Crippen LogP contribution < -0.4 is 5.32 Å². The molecule has 0 bridgehead atoms. The molecule has 0 aromatic carbocycles. The van der Waals surface area contributed by atoms with E-state index in [2.05, 4.69) is 15.4 Å². The van der Waals surface area contributed by atoms with Crippen LogP contribution in [0.4, 0.5) is 0 Å². The SMILES string of the molecule is Cn1cc(CNCCN2CCCCCC2=O)c(-c2ccncc2)n1. The molecule has 1 aliphatic heterocycles. The smallest absolute Gasteiger partial charge is 0.222 e. The lowest BCUT2D eigenvalue weighted by molar-refractivity contribution is -0.130. The van der Waals surface area contributed by atoms with E-state index in [4.69, 9.17) is 0 Å². The summed E-state index contributed by atoms with van der Waals surface area (Å²) < 4.78 is 1.84. The largest absolute Gasteiger partial charge is 0.341 e. The van der Waals surface area contributed by atoms with E-state index < -0.39 is 0 Å². The molecule has 6 heteroatoms. The van der Waals surface area contributed by atoms with Crippen molar-refractivity contribution in [2.75, 3.05) is 19.6 Å². The molecule has 0 unspecified atom stereocenters. The molecule has 1 aliphatic rings. The van der Waals surface area contributed by atoms with Gasteiger partial charge in [0.15, 0.2) is 0 Å². The van der Waals surface area contributed by atoms with Gasteiger partial charge in [0, 0.05) is 69.4 Å². The number of amides is 1. The van der Waals surface area contributed by atoms with E-state index >= 15 is 0 Å². The summed E-state index contributed by atoms with van der Waals surface area (Å²) in [6.45, 7) is 3.23. The summed E-state index contributed by atoms with van der Waals surface area (Å²) >= 11 is 0. The van der Waals surface area contributed by atoms with Gasteiger partial charge in [-0.3, -0.25) is 14.5 Å². The number of rotatable bonds is 6. The number of aryl methyl sites for hydroxylation is 1. The molecule has 1 amide bonds. The van der Waals surface area contributed by atoms with Gasteiger partial charge in [-0.1, -0.05) is 6.42 Å². The Morgan fingerprint density at radius 2 is 2.04 bits per heavy atom. The molecule has 0 aliphatic carbocycles. The normalized spacial score (nSPS) is 15.5. The standard InChI is InChI=1S/C18H25N5O/c1-22-14-16(18(21-22)15-6-8-19-9-7-15)13-20-10-12-23-11-4-2-3-5-17(23)24/h6-9,14,20H,2-5,10-13H2,1H3. The van der Waals surface area contributed by atoms with Crippen molar-refractivity contribution in [2.45, 2.75) is 32.2 Å². The highest BCUT2D eigenvalue weighted by Gasteiger charge is 2.16. The van der Waals surface area contributed by atoms with Crippen LogP contribution in [0.15, 0.2) is 30.7 Å². The Hall–Kier alpha value is -2.21. The molecule has 24 heavy (non-hydrogen) atoms. The fourth-order valence-electron chi connectivity index (χ4n) is 3.13. The van der Waals surface area contributed by atoms with E-state index in [9.17, 15) is 4.79 Å². The Bertz CT molecular complexity index is 667. The van der Waals surface area contributed by atoms with Crippen LogP contribution in [0.25, 0.3) is 11.3 Å². The monoisotopic (exact) mass is 327 g/mol. The maximum atomic E-state index is 12.0. The van der Waals surface area contributed by atoms with Crippen LogP contribution >= 0.6 is 0 Å². The first-order chi connectivity index (χ1) is 11.7. The van der Waals surface area contributed by atoms with Crippen LogP contribution in [0.1, 0.15) is 31.2 Å². The molecule has 2 aromatic heterocycles. The van der Waals surface area contributed by atoms with Crippen molar-refractivity contribution in [3.05, 3.63) is 36.3 Å². The summed E-state index contributed by atoms with van der Waals surface area (Å²) in [6.07, 6.45) is 9.64. The van der Waals surface area contributed by atoms with Gasteiger partial charge in [0.1, 0.15) is 0 Å².